The van der Waals surface area contributed by atoms with Crippen LogP contribution in [-0.4, -0.2) is 25.0 Å². The minimum absolute atomic E-state index is 0.218. The second-order valence-corrected chi connectivity index (χ2v) is 10.1. The minimum atomic E-state index is -0.218. The molecule has 4 aromatic rings. The van der Waals surface area contributed by atoms with E-state index in [1.54, 1.807) is 48.5 Å². The first-order valence-electron chi connectivity index (χ1n) is 14.5. The SMILES string of the molecule is N#Cc1cccc(C(=O)NCc2ccc(OCCCCCCOc3ccc(CNC(=O)c4cccc(C#N)c4)cc3)cc2)c1. The number of hydrogen-bond donors (Lipinski definition) is 2. The molecule has 0 atom stereocenters. The second-order valence-electron chi connectivity index (χ2n) is 10.1. The lowest BCUT2D eigenvalue weighted by Crippen LogP contribution is -2.22. The maximum Gasteiger partial charge on any atom is 0.251 e. The van der Waals surface area contributed by atoms with Crippen molar-refractivity contribution in [3.63, 3.8) is 0 Å². The molecular formula is C36H34N4O4. The van der Waals surface area contributed by atoms with E-state index in [1.807, 2.05) is 60.7 Å². The maximum absolute atomic E-state index is 12.3. The molecule has 8 heteroatoms. The van der Waals surface area contributed by atoms with E-state index >= 15 is 0 Å². The molecule has 0 unspecified atom stereocenters. The van der Waals surface area contributed by atoms with Crippen molar-refractivity contribution in [2.45, 2.75) is 38.8 Å². The third-order valence-electron chi connectivity index (χ3n) is 6.84. The van der Waals surface area contributed by atoms with Crippen LogP contribution in [0.15, 0.2) is 97.1 Å². The van der Waals surface area contributed by atoms with E-state index < -0.39 is 0 Å². The van der Waals surface area contributed by atoms with Gasteiger partial charge in [-0.05, 0) is 97.5 Å². The lowest BCUT2D eigenvalue weighted by Gasteiger charge is -2.09. The number of hydrogen-bond acceptors (Lipinski definition) is 6. The molecule has 0 saturated carbocycles. The number of carbonyl (C=O) groups is 2. The summed E-state index contributed by atoms with van der Waals surface area (Å²) in [6, 6.07) is 32.7. The lowest BCUT2D eigenvalue weighted by molar-refractivity contribution is 0.0943. The molecule has 2 N–H and O–H groups in total. The smallest absolute Gasteiger partial charge is 0.251 e. The van der Waals surface area contributed by atoms with Gasteiger partial charge in [0.1, 0.15) is 11.5 Å². The predicted octanol–water partition coefficient (Wildman–Crippen LogP) is 6.31. The van der Waals surface area contributed by atoms with Gasteiger partial charge in [0.05, 0.1) is 36.5 Å². The topological polar surface area (TPSA) is 124 Å². The zero-order valence-corrected chi connectivity index (χ0v) is 24.4. The highest BCUT2D eigenvalue weighted by Gasteiger charge is 2.08. The molecule has 0 heterocycles. The average Bonchev–Trinajstić information content (AvgIpc) is 3.08. The molecule has 2 amide bonds. The molecule has 0 aliphatic heterocycles. The molecule has 44 heavy (non-hydrogen) atoms. The van der Waals surface area contributed by atoms with Crippen molar-refractivity contribution in [2.24, 2.45) is 0 Å². The fourth-order valence-electron chi connectivity index (χ4n) is 4.37. The Balaban J connectivity index is 1.04. The van der Waals surface area contributed by atoms with Gasteiger partial charge in [0.2, 0.25) is 0 Å². The molecule has 0 spiro atoms. The monoisotopic (exact) mass is 586 g/mol. The fourth-order valence-corrected chi connectivity index (χ4v) is 4.37. The van der Waals surface area contributed by atoms with Crippen molar-refractivity contribution in [3.8, 4) is 23.6 Å². The van der Waals surface area contributed by atoms with E-state index in [1.165, 1.54) is 0 Å². The van der Waals surface area contributed by atoms with Gasteiger partial charge in [-0.1, -0.05) is 36.4 Å². The van der Waals surface area contributed by atoms with E-state index in [4.69, 9.17) is 20.0 Å². The highest BCUT2D eigenvalue weighted by atomic mass is 16.5. The Morgan fingerprint density at radius 3 is 1.36 bits per heavy atom. The second kappa shape index (κ2) is 16.7. The van der Waals surface area contributed by atoms with Gasteiger partial charge in [-0.3, -0.25) is 9.59 Å². The molecule has 0 radical (unpaired) electrons. The van der Waals surface area contributed by atoms with Crippen LogP contribution in [0, 0.1) is 22.7 Å². The number of amides is 2. The van der Waals surface area contributed by atoms with Crippen LogP contribution in [0.2, 0.25) is 0 Å². The molecule has 0 fully saturated rings. The largest absolute Gasteiger partial charge is 0.494 e. The van der Waals surface area contributed by atoms with Gasteiger partial charge in [0.15, 0.2) is 0 Å². The van der Waals surface area contributed by atoms with Gasteiger partial charge < -0.3 is 20.1 Å². The quantitative estimate of drug-likeness (QED) is 0.157. The van der Waals surface area contributed by atoms with Gasteiger partial charge >= 0.3 is 0 Å². The van der Waals surface area contributed by atoms with Crippen LogP contribution in [0.3, 0.4) is 0 Å². The Morgan fingerprint density at radius 2 is 0.977 bits per heavy atom. The first kappa shape index (κ1) is 31.3. The van der Waals surface area contributed by atoms with Crippen molar-refractivity contribution < 1.29 is 19.1 Å². The molecule has 222 valence electrons. The number of benzene rings is 4. The first-order valence-corrected chi connectivity index (χ1v) is 14.5. The number of nitriles is 2. The van der Waals surface area contributed by atoms with E-state index in [0.717, 1.165) is 48.3 Å². The summed E-state index contributed by atoms with van der Waals surface area (Å²) >= 11 is 0. The summed E-state index contributed by atoms with van der Waals surface area (Å²) in [5.41, 5.74) is 3.76. The Morgan fingerprint density at radius 1 is 0.568 bits per heavy atom. The molecule has 4 rings (SSSR count). The number of nitrogens with one attached hydrogen (secondary N) is 2. The highest BCUT2D eigenvalue weighted by molar-refractivity contribution is 5.95. The van der Waals surface area contributed by atoms with Gasteiger partial charge in [-0.2, -0.15) is 10.5 Å². The predicted molar refractivity (Wildman–Crippen MR) is 167 cm³/mol. The van der Waals surface area contributed by atoms with E-state index in [0.29, 0.717) is 48.6 Å². The molecule has 0 aromatic heterocycles. The highest BCUT2D eigenvalue weighted by Crippen LogP contribution is 2.15. The molecule has 0 aliphatic rings. The minimum Gasteiger partial charge on any atom is -0.494 e. The Bertz CT molecular complexity index is 1500. The Kier molecular flexibility index (Phi) is 11.9. The molecule has 4 aromatic carbocycles. The number of carbonyl (C=O) groups excluding carboxylic acids is 2. The van der Waals surface area contributed by atoms with E-state index in [2.05, 4.69) is 10.6 Å². The van der Waals surface area contributed by atoms with Gasteiger partial charge in [-0.25, -0.2) is 0 Å². The summed E-state index contributed by atoms with van der Waals surface area (Å²) in [6.07, 6.45) is 3.97. The van der Waals surface area contributed by atoms with Crippen molar-refractivity contribution >= 4 is 11.8 Å². The molecule has 0 saturated heterocycles. The summed E-state index contributed by atoms with van der Waals surface area (Å²) < 4.78 is 11.7. The van der Waals surface area contributed by atoms with Crippen molar-refractivity contribution in [2.75, 3.05) is 13.2 Å². The molecular weight excluding hydrogens is 552 g/mol. The normalized spacial score (nSPS) is 10.2. The van der Waals surface area contributed by atoms with E-state index in [9.17, 15) is 9.59 Å². The van der Waals surface area contributed by atoms with Gasteiger partial charge in [-0.15, -0.1) is 0 Å². The molecule has 8 nitrogen and oxygen atoms in total. The van der Waals surface area contributed by atoms with Crippen LogP contribution in [0.4, 0.5) is 0 Å². The van der Waals surface area contributed by atoms with Crippen molar-refractivity contribution in [1.29, 1.82) is 10.5 Å². The third-order valence-corrected chi connectivity index (χ3v) is 6.84. The number of unbranched alkanes of at least 4 members (excludes halogenated alkanes) is 3. The van der Waals surface area contributed by atoms with Crippen molar-refractivity contribution in [3.05, 3.63) is 130 Å². The Labute approximate surface area is 257 Å². The van der Waals surface area contributed by atoms with Crippen LogP contribution < -0.4 is 20.1 Å². The Hall–Kier alpha value is -5.60. The number of nitrogens with zero attached hydrogens (tertiary/aromatic N) is 2. The average molecular weight is 587 g/mol. The van der Waals surface area contributed by atoms with Crippen molar-refractivity contribution in [1.82, 2.24) is 10.6 Å². The lowest BCUT2D eigenvalue weighted by atomic mass is 10.1. The fraction of sp³-hybridized carbons (Fsp3) is 0.222. The van der Waals surface area contributed by atoms with Gasteiger partial charge in [0, 0.05) is 24.2 Å². The summed E-state index contributed by atoms with van der Waals surface area (Å²) in [5, 5.41) is 23.7. The molecule has 0 aliphatic carbocycles. The van der Waals surface area contributed by atoms with Gasteiger partial charge in [0.25, 0.3) is 11.8 Å². The summed E-state index contributed by atoms with van der Waals surface area (Å²) in [6.45, 7) is 2.04. The number of ether oxygens (including phenoxy) is 2. The van der Waals surface area contributed by atoms with Crippen LogP contribution in [0.5, 0.6) is 11.5 Å². The molecule has 0 bridgehead atoms. The first-order chi connectivity index (χ1) is 21.5. The van der Waals surface area contributed by atoms with Crippen LogP contribution in [-0.2, 0) is 13.1 Å². The zero-order valence-electron chi connectivity index (χ0n) is 24.4. The maximum atomic E-state index is 12.3. The standard InChI is InChI=1S/C36H34N4O4/c37-23-29-7-5-9-31(21-29)35(41)39-25-27-11-15-33(16-12-27)43-19-3-1-2-4-20-44-34-17-13-28(14-18-34)26-40-36(42)32-10-6-8-30(22-32)24-38/h5-18,21-22H,1-4,19-20,25-26H2,(H,39,41)(H,40,42). The summed E-state index contributed by atoms with van der Waals surface area (Å²) in [7, 11) is 0. The summed E-state index contributed by atoms with van der Waals surface area (Å²) in [5.74, 6) is 1.15. The number of rotatable bonds is 15. The zero-order chi connectivity index (χ0) is 31.0. The van der Waals surface area contributed by atoms with Crippen LogP contribution in [0.1, 0.15) is 68.7 Å². The van der Waals surface area contributed by atoms with Crippen LogP contribution in [0.25, 0.3) is 0 Å². The third kappa shape index (κ3) is 10.0. The van der Waals surface area contributed by atoms with Crippen LogP contribution >= 0.6 is 0 Å². The summed E-state index contributed by atoms with van der Waals surface area (Å²) in [4.78, 5) is 24.7. The van der Waals surface area contributed by atoms with E-state index in [-0.39, 0.29) is 11.8 Å².